The Bertz CT molecular complexity index is 574. The Hall–Kier alpha value is -1.96. The van der Waals surface area contributed by atoms with Gasteiger partial charge in [0.25, 0.3) is 0 Å². The third kappa shape index (κ3) is 1.49. The molecule has 1 nitrogen and oxygen atoms in total. The van der Waals surface area contributed by atoms with Gasteiger partial charge in [-0.2, -0.15) is 0 Å². The molecule has 0 bridgehead atoms. The van der Waals surface area contributed by atoms with Crippen molar-refractivity contribution in [2.24, 2.45) is 0 Å². The number of carbonyl (C=O) groups is 1. The second-order valence-electron chi connectivity index (χ2n) is 4.70. The maximum atomic E-state index is 13.0. The maximum Gasteiger partial charge on any atom is 0.147 e. The Morgan fingerprint density at radius 1 is 0.889 bits per heavy atom. The highest BCUT2D eigenvalue weighted by molar-refractivity contribution is 5.99. The van der Waals surface area contributed by atoms with Gasteiger partial charge in [-0.3, -0.25) is 4.79 Å². The molecule has 1 saturated carbocycles. The van der Waals surface area contributed by atoms with E-state index in [0.29, 0.717) is 6.42 Å². The number of rotatable bonds is 2. The average Bonchev–Trinajstić information content (AvgIpc) is 2.41. The van der Waals surface area contributed by atoms with Crippen molar-refractivity contribution in [2.75, 3.05) is 0 Å². The third-order valence-corrected chi connectivity index (χ3v) is 3.81. The van der Waals surface area contributed by atoms with Crippen LogP contribution in [0.25, 0.3) is 0 Å². The van der Waals surface area contributed by atoms with Crippen LogP contribution in [0.1, 0.15) is 24.0 Å². The first-order valence-corrected chi connectivity index (χ1v) is 6.08. The number of ketones is 1. The van der Waals surface area contributed by atoms with Crippen molar-refractivity contribution in [3.8, 4) is 0 Å². The highest BCUT2D eigenvalue weighted by Gasteiger charge is 2.48. The molecule has 0 saturated heterocycles. The molecule has 3 rings (SSSR count). The zero-order valence-electron chi connectivity index (χ0n) is 9.90. The van der Waals surface area contributed by atoms with E-state index in [4.69, 9.17) is 0 Å². The van der Waals surface area contributed by atoms with E-state index in [1.54, 1.807) is 12.1 Å². The summed E-state index contributed by atoms with van der Waals surface area (Å²) in [6, 6.07) is 16.0. The fourth-order valence-electron chi connectivity index (χ4n) is 2.71. The normalized spacial score (nSPS) is 22.6. The fraction of sp³-hybridized carbons (Fsp3) is 0.188. The van der Waals surface area contributed by atoms with Crippen molar-refractivity contribution >= 4 is 5.78 Å². The van der Waals surface area contributed by atoms with Gasteiger partial charge in [-0.15, -0.1) is 0 Å². The summed E-state index contributed by atoms with van der Waals surface area (Å²) in [5.41, 5.74) is 1.36. The molecule has 1 aliphatic carbocycles. The second-order valence-corrected chi connectivity index (χ2v) is 4.70. The zero-order valence-corrected chi connectivity index (χ0v) is 9.90. The van der Waals surface area contributed by atoms with Crippen molar-refractivity contribution in [1.82, 2.24) is 0 Å². The molecule has 1 unspecified atom stereocenters. The molecular formula is C16H13FO. The number of hydrogen-bond donors (Lipinski definition) is 0. The Labute approximate surface area is 105 Å². The average molecular weight is 240 g/mol. The van der Waals surface area contributed by atoms with E-state index in [1.807, 2.05) is 30.3 Å². The minimum absolute atomic E-state index is 0.223. The molecule has 0 N–H and O–H groups in total. The van der Waals surface area contributed by atoms with Crippen molar-refractivity contribution in [1.29, 1.82) is 0 Å². The van der Waals surface area contributed by atoms with E-state index < -0.39 is 5.41 Å². The van der Waals surface area contributed by atoms with E-state index in [2.05, 4.69) is 0 Å². The molecule has 1 fully saturated rings. The quantitative estimate of drug-likeness (QED) is 0.785. The molecule has 0 radical (unpaired) electrons. The third-order valence-electron chi connectivity index (χ3n) is 3.81. The number of halogens is 1. The van der Waals surface area contributed by atoms with Crippen LogP contribution in [-0.4, -0.2) is 5.78 Å². The summed E-state index contributed by atoms with van der Waals surface area (Å²) < 4.78 is 13.0. The smallest absolute Gasteiger partial charge is 0.147 e. The minimum Gasteiger partial charge on any atom is -0.298 e. The molecule has 2 heteroatoms. The van der Waals surface area contributed by atoms with Crippen LogP contribution >= 0.6 is 0 Å². The van der Waals surface area contributed by atoms with E-state index >= 15 is 0 Å². The lowest BCUT2D eigenvalue weighted by atomic mass is 9.59. The summed E-state index contributed by atoms with van der Waals surface area (Å²) in [7, 11) is 0. The van der Waals surface area contributed by atoms with Gasteiger partial charge in [0.2, 0.25) is 0 Å². The van der Waals surface area contributed by atoms with Gasteiger partial charge >= 0.3 is 0 Å². The largest absolute Gasteiger partial charge is 0.298 e. The molecule has 0 heterocycles. The van der Waals surface area contributed by atoms with Gasteiger partial charge in [0.15, 0.2) is 0 Å². The van der Waals surface area contributed by atoms with E-state index in [0.717, 1.165) is 17.5 Å². The molecule has 0 spiro atoms. The van der Waals surface area contributed by atoms with Gasteiger partial charge in [0.1, 0.15) is 11.6 Å². The maximum absolute atomic E-state index is 13.0. The number of benzene rings is 2. The lowest BCUT2D eigenvalue weighted by molar-refractivity contribution is -0.129. The predicted octanol–water partition coefficient (Wildman–Crippen LogP) is 3.47. The minimum atomic E-state index is -0.547. The van der Waals surface area contributed by atoms with Crippen LogP contribution in [0.5, 0.6) is 0 Å². The molecular weight excluding hydrogens is 227 g/mol. The lowest BCUT2D eigenvalue weighted by Gasteiger charge is -2.41. The number of Topliss-reactive ketones (excluding diaryl/α,β-unsaturated/α-hetero) is 1. The van der Waals surface area contributed by atoms with Crippen LogP contribution in [0.2, 0.25) is 0 Å². The summed E-state index contributed by atoms with van der Waals surface area (Å²) in [5, 5.41) is 0. The fourth-order valence-corrected chi connectivity index (χ4v) is 2.71. The molecule has 90 valence electrons. The summed E-state index contributed by atoms with van der Waals surface area (Å²) in [5.74, 6) is -0.0472. The first kappa shape index (κ1) is 11.1. The Morgan fingerprint density at radius 2 is 1.50 bits per heavy atom. The Kier molecular flexibility index (Phi) is 2.51. The lowest BCUT2D eigenvalue weighted by Crippen LogP contribution is -2.45. The van der Waals surface area contributed by atoms with E-state index in [-0.39, 0.29) is 11.6 Å². The van der Waals surface area contributed by atoms with Crippen LogP contribution in [-0.2, 0) is 10.2 Å². The summed E-state index contributed by atoms with van der Waals surface area (Å²) >= 11 is 0. The van der Waals surface area contributed by atoms with Crippen LogP contribution < -0.4 is 0 Å². The molecule has 0 aromatic heterocycles. The van der Waals surface area contributed by atoms with Gasteiger partial charge in [-0.05, 0) is 29.7 Å². The van der Waals surface area contributed by atoms with Gasteiger partial charge in [-0.25, -0.2) is 4.39 Å². The summed E-state index contributed by atoms with van der Waals surface area (Å²) in [6.07, 6.45) is 1.41. The van der Waals surface area contributed by atoms with Crippen molar-refractivity contribution < 1.29 is 9.18 Å². The van der Waals surface area contributed by atoms with Gasteiger partial charge < -0.3 is 0 Å². The summed E-state index contributed by atoms with van der Waals surface area (Å²) in [4.78, 5) is 12.1. The van der Waals surface area contributed by atoms with E-state index in [1.165, 1.54) is 12.1 Å². The molecule has 0 aliphatic heterocycles. The van der Waals surface area contributed by atoms with Gasteiger partial charge in [0, 0.05) is 6.42 Å². The van der Waals surface area contributed by atoms with Crippen molar-refractivity contribution in [3.05, 3.63) is 71.5 Å². The molecule has 1 aliphatic rings. The van der Waals surface area contributed by atoms with Crippen LogP contribution in [0.4, 0.5) is 4.39 Å². The second kappa shape index (κ2) is 4.05. The topological polar surface area (TPSA) is 17.1 Å². The predicted molar refractivity (Wildman–Crippen MR) is 67.9 cm³/mol. The SMILES string of the molecule is O=C1CCC1(c1ccccc1)c1ccc(F)cc1. The molecule has 1 atom stereocenters. The molecule has 0 amide bonds. The molecule has 2 aromatic carbocycles. The Morgan fingerprint density at radius 3 is 2.00 bits per heavy atom. The molecule has 2 aromatic rings. The highest BCUT2D eigenvalue weighted by atomic mass is 19.1. The first-order chi connectivity index (χ1) is 8.73. The summed E-state index contributed by atoms with van der Waals surface area (Å²) in [6.45, 7) is 0. The van der Waals surface area contributed by atoms with Gasteiger partial charge in [0.05, 0.1) is 5.41 Å². The van der Waals surface area contributed by atoms with E-state index in [9.17, 15) is 9.18 Å². The monoisotopic (exact) mass is 240 g/mol. The molecule has 18 heavy (non-hydrogen) atoms. The van der Waals surface area contributed by atoms with Crippen LogP contribution in [0.15, 0.2) is 54.6 Å². The number of hydrogen-bond acceptors (Lipinski definition) is 1. The van der Waals surface area contributed by atoms with Gasteiger partial charge in [-0.1, -0.05) is 42.5 Å². The highest BCUT2D eigenvalue weighted by Crippen LogP contribution is 2.45. The number of carbonyl (C=O) groups excluding carboxylic acids is 1. The van der Waals surface area contributed by atoms with Crippen molar-refractivity contribution in [2.45, 2.75) is 18.3 Å². The standard InChI is InChI=1S/C16H13FO/c17-14-8-6-13(7-9-14)16(11-10-15(16)18)12-4-2-1-3-5-12/h1-9H,10-11H2. The zero-order chi connectivity index (χ0) is 12.6. The first-order valence-electron chi connectivity index (χ1n) is 6.08. The van der Waals surface area contributed by atoms with Crippen molar-refractivity contribution in [3.63, 3.8) is 0 Å². The Balaban J connectivity index is 2.14. The van der Waals surface area contributed by atoms with Crippen LogP contribution in [0.3, 0.4) is 0 Å². The van der Waals surface area contributed by atoms with Crippen LogP contribution in [0, 0.1) is 5.82 Å².